The summed E-state index contributed by atoms with van der Waals surface area (Å²) in [6, 6.07) is 4.68. The molecule has 0 saturated carbocycles. The predicted molar refractivity (Wildman–Crippen MR) is 65.5 cm³/mol. The molecule has 4 N–H and O–H groups in total. The molecule has 1 aromatic carbocycles. The van der Waals surface area contributed by atoms with Crippen LogP contribution in [0.4, 0.5) is 0 Å². The zero-order valence-electron chi connectivity index (χ0n) is 9.10. The fourth-order valence-corrected chi connectivity index (χ4v) is 1.83. The van der Waals surface area contributed by atoms with E-state index in [2.05, 4.69) is 10.9 Å². The van der Waals surface area contributed by atoms with E-state index in [1.165, 1.54) is 0 Å². The molecule has 0 saturated heterocycles. The molecule has 0 radical (unpaired) electrons. The molecular formula is C13H12N2O2. The lowest BCUT2D eigenvalue weighted by atomic mass is 10.0. The second-order valence-electron chi connectivity index (χ2n) is 3.84. The molecule has 4 heteroatoms. The lowest BCUT2D eigenvalue weighted by Gasteiger charge is -2.04. The van der Waals surface area contributed by atoms with Crippen LogP contribution in [-0.4, -0.2) is 22.1 Å². The topological polar surface area (TPSA) is 79.1 Å². The number of benzene rings is 1. The van der Waals surface area contributed by atoms with Gasteiger partial charge >= 0.3 is 5.97 Å². The summed E-state index contributed by atoms with van der Waals surface area (Å²) in [6.07, 6.45) is 7.43. The van der Waals surface area contributed by atoms with Gasteiger partial charge in [0, 0.05) is 23.6 Å². The predicted octanol–water partition coefficient (Wildman–Crippen LogP) is 1.10. The molecule has 2 rings (SSSR count). The molecule has 0 aliphatic heterocycles. The number of aromatic nitrogens is 1. The molecular weight excluding hydrogens is 216 g/mol. The number of carbonyl (C=O) groups is 1. The van der Waals surface area contributed by atoms with Gasteiger partial charge in [-0.15, -0.1) is 6.42 Å². The van der Waals surface area contributed by atoms with Crippen LogP contribution in [0.2, 0.25) is 0 Å². The van der Waals surface area contributed by atoms with Crippen LogP contribution in [0.5, 0.6) is 0 Å². The van der Waals surface area contributed by atoms with Gasteiger partial charge in [0.2, 0.25) is 0 Å². The van der Waals surface area contributed by atoms with Crippen LogP contribution < -0.4 is 5.73 Å². The average Bonchev–Trinajstić information content (AvgIpc) is 2.72. The van der Waals surface area contributed by atoms with E-state index in [0.29, 0.717) is 0 Å². The minimum absolute atomic E-state index is 0.281. The van der Waals surface area contributed by atoms with Crippen LogP contribution in [-0.2, 0) is 11.2 Å². The summed E-state index contributed by atoms with van der Waals surface area (Å²) in [6.45, 7) is 0. The standard InChI is InChI=1S/C13H12N2O2/c1-2-8-4-3-5-10-9(7-15-12(8)10)6-11(14)13(16)17/h1,3-5,7,11,15H,6,14H2,(H,16,17). The summed E-state index contributed by atoms with van der Waals surface area (Å²) in [5.41, 5.74) is 7.99. The smallest absolute Gasteiger partial charge is 0.320 e. The lowest BCUT2D eigenvalue weighted by molar-refractivity contribution is -0.138. The first-order valence-electron chi connectivity index (χ1n) is 5.17. The van der Waals surface area contributed by atoms with Crippen molar-refractivity contribution in [3.05, 3.63) is 35.5 Å². The fourth-order valence-electron chi connectivity index (χ4n) is 1.83. The van der Waals surface area contributed by atoms with Gasteiger partial charge in [0.05, 0.1) is 5.52 Å². The van der Waals surface area contributed by atoms with Crippen molar-refractivity contribution < 1.29 is 9.90 Å². The summed E-state index contributed by atoms with van der Waals surface area (Å²) in [4.78, 5) is 13.8. The minimum Gasteiger partial charge on any atom is -0.480 e. The van der Waals surface area contributed by atoms with Crippen molar-refractivity contribution in [3.63, 3.8) is 0 Å². The molecule has 1 atom stereocenters. The molecule has 17 heavy (non-hydrogen) atoms. The highest BCUT2D eigenvalue weighted by Crippen LogP contribution is 2.22. The van der Waals surface area contributed by atoms with Crippen LogP contribution >= 0.6 is 0 Å². The van der Waals surface area contributed by atoms with Gasteiger partial charge < -0.3 is 15.8 Å². The third kappa shape index (κ3) is 2.01. The second kappa shape index (κ2) is 4.32. The number of nitrogens with one attached hydrogen (secondary N) is 1. The van der Waals surface area contributed by atoms with Crippen LogP contribution in [0.15, 0.2) is 24.4 Å². The van der Waals surface area contributed by atoms with Gasteiger partial charge in [-0.1, -0.05) is 18.1 Å². The minimum atomic E-state index is -1.01. The van der Waals surface area contributed by atoms with Gasteiger partial charge in [0.1, 0.15) is 6.04 Å². The fraction of sp³-hybridized carbons (Fsp3) is 0.154. The number of terminal acetylenes is 1. The molecule has 0 bridgehead atoms. The van der Waals surface area contributed by atoms with E-state index in [1.807, 2.05) is 18.2 Å². The number of carboxylic acid groups (broad SMARTS) is 1. The number of aliphatic carboxylic acids is 1. The van der Waals surface area contributed by atoms with Crippen molar-refractivity contribution in [1.82, 2.24) is 4.98 Å². The Balaban J connectivity index is 2.44. The Labute approximate surface area is 98.4 Å². The van der Waals surface area contributed by atoms with E-state index in [4.69, 9.17) is 17.3 Å². The number of carboxylic acids is 1. The Bertz CT molecular complexity index is 607. The van der Waals surface area contributed by atoms with Crippen molar-refractivity contribution in [2.75, 3.05) is 0 Å². The van der Waals surface area contributed by atoms with E-state index in [0.717, 1.165) is 22.0 Å². The quantitative estimate of drug-likeness (QED) is 0.688. The number of hydrogen-bond donors (Lipinski definition) is 3. The van der Waals surface area contributed by atoms with Gasteiger partial charge in [0.15, 0.2) is 0 Å². The highest BCUT2D eigenvalue weighted by atomic mass is 16.4. The molecule has 0 aliphatic carbocycles. The van der Waals surface area contributed by atoms with Gasteiger partial charge in [-0.3, -0.25) is 4.79 Å². The molecule has 86 valence electrons. The number of para-hydroxylation sites is 1. The molecule has 1 unspecified atom stereocenters. The molecule has 0 fully saturated rings. The van der Waals surface area contributed by atoms with Gasteiger partial charge in [-0.25, -0.2) is 0 Å². The Kier molecular flexibility index (Phi) is 2.86. The number of hydrogen-bond acceptors (Lipinski definition) is 2. The molecule has 1 aromatic heterocycles. The van der Waals surface area contributed by atoms with E-state index >= 15 is 0 Å². The molecule has 2 aromatic rings. The van der Waals surface area contributed by atoms with Crippen molar-refractivity contribution in [2.45, 2.75) is 12.5 Å². The zero-order chi connectivity index (χ0) is 12.4. The van der Waals surface area contributed by atoms with Crippen molar-refractivity contribution in [2.24, 2.45) is 5.73 Å². The van der Waals surface area contributed by atoms with Gasteiger partial charge in [-0.05, 0) is 11.6 Å². The number of nitrogens with two attached hydrogens (primary N) is 1. The van der Waals surface area contributed by atoms with E-state index in [-0.39, 0.29) is 6.42 Å². The highest BCUT2D eigenvalue weighted by Gasteiger charge is 2.15. The Morgan fingerprint density at radius 3 is 3.00 bits per heavy atom. The zero-order valence-corrected chi connectivity index (χ0v) is 9.10. The summed E-state index contributed by atoms with van der Waals surface area (Å²) in [7, 11) is 0. The summed E-state index contributed by atoms with van der Waals surface area (Å²) >= 11 is 0. The molecule has 0 amide bonds. The summed E-state index contributed by atoms with van der Waals surface area (Å²) in [5.74, 6) is 1.57. The lowest BCUT2D eigenvalue weighted by Crippen LogP contribution is -2.32. The monoisotopic (exact) mass is 228 g/mol. The first-order valence-corrected chi connectivity index (χ1v) is 5.17. The van der Waals surface area contributed by atoms with Crippen LogP contribution in [0.1, 0.15) is 11.1 Å². The second-order valence-corrected chi connectivity index (χ2v) is 3.84. The van der Waals surface area contributed by atoms with Crippen molar-refractivity contribution in [3.8, 4) is 12.3 Å². The van der Waals surface area contributed by atoms with E-state index in [9.17, 15) is 4.79 Å². The van der Waals surface area contributed by atoms with Crippen molar-refractivity contribution >= 4 is 16.9 Å². The third-order valence-corrected chi connectivity index (χ3v) is 2.71. The Morgan fingerprint density at radius 1 is 1.59 bits per heavy atom. The van der Waals surface area contributed by atoms with E-state index < -0.39 is 12.0 Å². The molecule has 0 spiro atoms. The summed E-state index contributed by atoms with van der Waals surface area (Å²) in [5, 5.41) is 9.71. The molecule has 0 aliphatic rings. The molecule has 1 heterocycles. The normalized spacial score (nSPS) is 12.2. The van der Waals surface area contributed by atoms with Crippen LogP contribution in [0.25, 0.3) is 10.9 Å². The average molecular weight is 228 g/mol. The third-order valence-electron chi connectivity index (χ3n) is 2.71. The first-order chi connectivity index (χ1) is 8.13. The number of aromatic amines is 1. The van der Waals surface area contributed by atoms with Crippen LogP contribution in [0.3, 0.4) is 0 Å². The largest absolute Gasteiger partial charge is 0.480 e. The van der Waals surface area contributed by atoms with Gasteiger partial charge in [-0.2, -0.15) is 0 Å². The summed E-state index contributed by atoms with van der Waals surface area (Å²) < 4.78 is 0. The number of H-pyrrole nitrogens is 1. The first kappa shape index (κ1) is 11.2. The Hall–Kier alpha value is -2.25. The van der Waals surface area contributed by atoms with Crippen molar-refractivity contribution in [1.29, 1.82) is 0 Å². The number of rotatable bonds is 3. The maximum absolute atomic E-state index is 10.7. The number of fused-ring (bicyclic) bond motifs is 1. The Morgan fingerprint density at radius 2 is 2.35 bits per heavy atom. The van der Waals surface area contributed by atoms with Crippen LogP contribution in [0, 0.1) is 12.3 Å². The molecule has 4 nitrogen and oxygen atoms in total. The van der Waals surface area contributed by atoms with Gasteiger partial charge in [0.25, 0.3) is 0 Å². The maximum Gasteiger partial charge on any atom is 0.320 e. The SMILES string of the molecule is C#Cc1cccc2c(CC(N)C(=O)O)c[nH]c12. The maximum atomic E-state index is 10.7. The van der Waals surface area contributed by atoms with E-state index in [1.54, 1.807) is 6.20 Å². The highest BCUT2D eigenvalue weighted by molar-refractivity contribution is 5.88.